The SMILES string of the molecule is C[C@@]1(O)[C@H](O)[C@@H](COP(=O)(OO)OOP(=O)(O)OP(=O)(O)O)O[C@H]1n1cc2c3c(ncnc31)NCc1ccccc1-2. The molecule has 0 aliphatic carbocycles. The van der Waals surface area contributed by atoms with Crippen molar-refractivity contribution < 1.29 is 71.4 Å². The van der Waals surface area contributed by atoms with E-state index in [1.54, 1.807) is 6.20 Å². The number of anilines is 1. The molecule has 7 N–H and O–H groups in total. The van der Waals surface area contributed by atoms with Crippen molar-refractivity contribution in [3.8, 4) is 11.1 Å². The molecule has 5 rings (SSSR count). The smallest absolute Gasteiger partial charge is 0.387 e. The summed E-state index contributed by atoms with van der Waals surface area (Å²) in [7, 11) is -16.5. The van der Waals surface area contributed by atoms with Crippen LogP contribution in [0, 0.1) is 0 Å². The van der Waals surface area contributed by atoms with Gasteiger partial charge in [0.15, 0.2) is 6.23 Å². The van der Waals surface area contributed by atoms with E-state index >= 15 is 0 Å². The van der Waals surface area contributed by atoms with Crippen molar-refractivity contribution in [2.75, 3.05) is 11.9 Å². The molecule has 2 aliphatic rings. The van der Waals surface area contributed by atoms with Crippen LogP contribution in [0.1, 0.15) is 18.7 Å². The van der Waals surface area contributed by atoms with Gasteiger partial charge in [-0.05, 0) is 18.1 Å². The number of nitrogens with zero attached hydrogens (tertiary/aromatic N) is 3. The summed E-state index contributed by atoms with van der Waals surface area (Å²) in [6.45, 7) is 0.834. The van der Waals surface area contributed by atoms with E-state index in [2.05, 4.69) is 33.6 Å². The highest BCUT2D eigenvalue weighted by atomic mass is 31.3. The standard InChI is InChI=1S/C19H23N4O15P3/c1-19(25)15(24)13(8-33-41(32,35-26)37-36-40(30,31)38-39(27,28)29)34-18(19)23-7-12-11-5-3-2-4-10(11)6-20-16-14(12)17(23)22-9-21-16/h2-5,7,9,13,15,18,24-26H,6,8H2,1H3,(H,30,31)(H,20,21,22)(H2,27,28,29)/t13-,15-,18-,19-,41?/m1/s1. The second-order valence-corrected chi connectivity index (χ2v) is 13.3. The molecule has 0 spiro atoms. The summed E-state index contributed by atoms with van der Waals surface area (Å²) < 4.78 is 61.4. The third-order valence-electron chi connectivity index (χ3n) is 6.30. The molecule has 3 aromatic rings. The van der Waals surface area contributed by atoms with E-state index in [-0.39, 0.29) is 0 Å². The molecular weight excluding hydrogens is 617 g/mol. The predicted octanol–water partition coefficient (Wildman–Crippen LogP) is 1.81. The van der Waals surface area contributed by atoms with Crippen molar-refractivity contribution >= 4 is 40.3 Å². The fraction of sp³-hybridized carbons (Fsp3) is 0.368. The van der Waals surface area contributed by atoms with Gasteiger partial charge in [0.05, 0.1) is 12.0 Å². The Hall–Kier alpha value is -2.15. The van der Waals surface area contributed by atoms with Gasteiger partial charge in [0, 0.05) is 18.3 Å². The quantitative estimate of drug-likeness (QED) is 0.0945. The molecule has 1 fully saturated rings. The molecule has 2 aromatic heterocycles. The van der Waals surface area contributed by atoms with Crippen LogP contribution in [0.2, 0.25) is 0 Å². The van der Waals surface area contributed by atoms with E-state index in [1.165, 1.54) is 17.8 Å². The van der Waals surface area contributed by atoms with Gasteiger partial charge in [0.2, 0.25) is 0 Å². The highest BCUT2D eigenvalue weighted by Crippen LogP contribution is 2.61. The minimum Gasteiger partial charge on any atom is -0.387 e. The molecule has 4 heterocycles. The lowest BCUT2D eigenvalue weighted by Gasteiger charge is -2.27. The zero-order valence-electron chi connectivity index (χ0n) is 20.7. The number of aliphatic hydroxyl groups is 2. The summed E-state index contributed by atoms with van der Waals surface area (Å²) >= 11 is 0. The number of aromatic nitrogens is 3. The van der Waals surface area contributed by atoms with Crippen LogP contribution >= 0.6 is 23.5 Å². The predicted molar refractivity (Wildman–Crippen MR) is 133 cm³/mol. The van der Waals surface area contributed by atoms with E-state index < -0.39 is 54.1 Å². The van der Waals surface area contributed by atoms with Gasteiger partial charge in [-0.15, -0.1) is 14.0 Å². The lowest BCUT2D eigenvalue weighted by atomic mass is 9.96. The Morgan fingerprint density at radius 1 is 1.15 bits per heavy atom. The molecule has 19 nitrogen and oxygen atoms in total. The summed E-state index contributed by atoms with van der Waals surface area (Å²) in [6.07, 6.45) is -1.53. The molecule has 0 amide bonds. The monoisotopic (exact) mass is 640 g/mol. The van der Waals surface area contributed by atoms with Crippen molar-refractivity contribution in [2.45, 2.75) is 37.5 Å². The molecule has 6 atom stereocenters. The van der Waals surface area contributed by atoms with Gasteiger partial charge in [-0.25, -0.2) is 28.9 Å². The fourth-order valence-corrected chi connectivity index (χ4v) is 6.84. The molecule has 2 unspecified atom stereocenters. The molecule has 2 aliphatic heterocycles. The van der Waals surface area contributed by atoms with Crippen LogP contribution in [-0.2, 0) is 47.8 Å². The first kappa shape index (κ1) is 30.3. The van der Waals surface area contributed by atoms with Crippen LogP contribution in [0.4, 0.5) is 5.82 Å². The Morgan fingerprint density at radius 3 is 2.59 bits per heavy atom. The molecule has 22 heteroatoms. The van der Waals surface area contributed by atoms with Crippen LogP contribution < -0.4 is 5.32 Å². The Labute approximate surface area is 229 Å². The zero-order chi connectivity index (χ0) is 29.8. The first-order valence-corrected chi connectivity index (χ1v) is 15.9. The summed E-state index contributed by atoms with van der Waals surface area (Å²) in [4.78, 5) is 35.1. The molecule has 0 bridgehead atoms. The van der Waals surface area contributed by atoms with Crippen LogP contribution in [0.5, 0.6) is 0 Å². The second-order valence-electron chi connectivity index (χ2n) is 9.09. The van der Waals surface area contributed by atoms with Crippen LogP contribution in [-0.4, -0.2) is 69.1 Å². The lowest BCUT2D eigenvalue weighted by Crippen LogP contribution is -2.44. The number of fused-ring (bicyclic) bond motifs is 2. The van der Waals surface area contributed by atoms with E-state index in [1.807, 2.05) is 24.3 Å². The summed E-state index contributed by atoms with van der Waals surface area (Å²) in [5.74, 6) is 0.528. The summed E-state index contributed by atoms with van der Waals surface area (Å²) in [5.41, 5.74) is 0.893. The molecular formula is C19H23N4O15P3. The summed E-state index contributed by atoms with van der Waals surface area (Å²) in [6, 6.07) is 7.58. The highest BCUT2D eigenvalue weighted by Gasteiger charge is 2.54. The van der Waals surface area contributed by atoms with Gasteiger partial charge in [-0.3, -0.25) is 4.52 Å². The van der Waals surface area contributed by atoms with E-state index in [0.717, 1.165) is 16.7 Å². The Kier molecular flexibility index (Phi) is 8.02. The van der Waals surface area contributed by atoms with Gasteiger partial charge in [-0.1, -0.05) is 24.3 Å². The van der Waals surface area contributed by atoms with Gasteiger partial charge < -0.3 is 39.5 Å². The van der Waals surface area contributed by atoms with Gasteiger partial charge >= 0.3 is 23.5 Å². The number of hydrogen-bond donors (Lipinski definition) is 7. The number of ether oxygens (including phenoxy) is 1. The lowest BCUT2D eigenvalue weighted by molar-refractivity contribution is -0.220. The highest BCUT2D eigenvalue weighted by molar-refractivity contribution is 7.60. The molecule has 0 radical (unpaired) electrons. The maximum Gasteiger partial charge on any atom is 0.529 e. The number of aliphatic hydroxyl groups excluding tert-OH is 1. The number of nitrogens with one attached hydrogen (secondary N) is 1. The molecule has 1 aromatic carbocycles. The number of rotatable bonds is 10. The van der Waals surface area contributed by atoms with E-state index in [4.69, 9.17) is 24.3 Å². The maximum absolute atomic E-state index is 12.4. The average molecular weight is 640 g/mol. The largest absolute Gasteiger partial charge is 0.529 e. The van der Waals surface area contributed by atoms with Crippen LogP contribution in [0.25, 0.3) is 22.2 Å². The van der Waals surface area contributed by atoms with Crippen LogP contribution in [0.3, 0.4) is 0 Å². The van der Waals surface area contributed by atoms with Crippen molar-refractivity contribution in [1.82, 2.24) is 14.5 Å². The normalized spacial score (nSPS) is 27.0. The Morgan fingerprint density at radius 2 is 1.88 bits per heavy atom. The third-order valence-corrected chi connectivity index (χ3v) is 9.27. The first-order chi connectivity index (χ1) is 19.1. The number of benzene rings is 1. The van der Waals surface area contributed by atoms with E-state index in [0.29, 0.717) is 23.4 Å². The fourth-order valence-electron chi connectivity index (χ4n) is 4.55. The minimum absolute atomic E-state index is 0.345. The van der Waals surface area contributed by atoms with Gasteiger partial charge in [0.25, 0.3) is 0 Å². The average Bonchev–Trinajstić information content (AvgIpc) is 3.32. The van der Waals surface area contributed by atoms with E-state index in [9.17, 15) is 28.8 Å². The van der Waals surface area contributed by atoms with Crippen molar-refractivity contribution in [2.24, 2.45) is 0 Å². The Bertz CT molecular complexity index is 1610. The van der Waals surface area contributed by atoms with Crippen molar-refractivity contribution in [1.29, 1.82) is 0 Å². The molecule has 0 saturated carbocycles. The van der Waals surface area contributed by atoms with Crippen molar-refractivity contribution in [3.63, 3.8) is 0 Å². The van der Waals surface area contributed by atoms with Crippen LogP contribution in [0.15, 0.2) is 36.8 Å². The van der Waals surface area contributed by atoms with Gasteiger partial charge in [0.1, 0.15) is 35.6 Å². The molecule has 1 saturated heterocycles. The number of phosphoric acid groups is 3. The third kappa shape index (κ3) is 6.03. The Balaban J connectivity index is 1.38. The maximum atomic E-state index is 12.4. The summed E-state index contributed by atoms with van der Waals surface area (Å²) in [5, 5.41) is 34.9. The molecule has 41 heavy (non-hydrogen) atoms. The van der Waals surface area contributed by atoms with Gasteiger partial charge in [-0.2, -0.15) is 4.31 Å². The number of hydrogen-bond acceptors (Lipinski definition) is 15. The minimum atomic E-state index is -5.67. The topological polar surface area (TPSA) is 271 Å². The molecule has 224 valence electrons. The second kappa shape index (κ2) is 10.8. The first-order valence-electron chi connectivity index (χ1n) is 11.4. The van der Waals surface area contributed by atoms with Crippen molar-refractivity contribution in [3.05, 3.63) is 42.4 Å². The zero-order valence-corrected chi connectivity index (χ0v) is 23.3.